The van der Waals surface area contributed by atoms with Crippen LogP contribution in [0.1, 0.15) is 75.3 Å². The molecule has 1 fully saturated rings. The monoisotopic (exact) mass is 325 g/mol. The molecular formula is C22H31NO. The number of hydrogen-bond donors (Lipinski definition) is 0. The summed E-state index contributed by atoms with van der Waals surface area (Å²) < 4.78 is 5.80. The van der Waals surface area contributed by atoms with Crippen molar-refractivity contribution >= 4 is 0 Å². The van der Waals surface area contributed by atoms with Crippen molar-refractivity contribution in [1.82, 2.24) is 0 Å². The Balaban J connectivity index is 1.56. The van der Waals surface area contributed by atoms with Gasteiger partial charge in [0.2, 0.25) is 0 Å². The topological polar surface area (TPSA) is 33.0 Å². The number of allylic oxidation sites excluding steroid dienone is 2. The predicted octanol–water partition coefficient (Wildman–Crippen LogP) is 5.99. The van der Waals surface area contributed by atoms with Crippen molar-refractivity contribution in [3.8, 4) is 6.07 Å². The van der Waals surface area contributed by atoms with Crippen molar-refractivity contribution < 1.29 is 4.74 Å². The summed E-state index contributed by atoms with van der Waals surface area (Å²) >= 11 is 0. The fourth-order valence-corrected chi connectivity index (χ4v) is 3.60. The van der Waals surface area contributed by atoms with E-state index in [2.05, 4.69) is 37.3 Å². The molecule has 1 aliphatic rings. The molecule has 1 aromatic carbocycles. The normalized spacial score (nSPS) is 21.0. The Morgan fingerprint density at radius 2 is 1.83 bits per heavy atom. The Labute approximate surface area is 147 Å². The summed E-state index contributed by atoms with van der Waals surface area (Å²) in [5.74, 6) is 1.52. The van der Waals surface area contributed by atoms with Crippen LogP contribution in [0.25, 0.3) is 0 Å². The van der Waals surface area contributed by atoms with Crippen LogP contribution in [-0.2, 0) is 4.74 Å². The molecule has 24 heavy (non-hydrogen) atoms. The van der Waals surface area contributed by atoms with Gasteiger partial charge in [0.25, 0.3) is 0 Å². The second-order valence-electron chi connectivity index (χ2n) is 6.92. The van der Waals surface area contributed by atoms with Gasteiger partial charge in [-0.3, -0.25) is 0 Å². The molecule has 2 heteroatoms. The lowest BCUT2D eigenvalue weighted by molar-refractivity contribution is 0.109. The van der Waals surface area contributed by atoms with E-state index in [0.29, 0.717) is 5.92 Å². The van der Waals surface area contributed by atoms with E-state index in [0.717, 1.165) is 24.7 Å². The van der Waals surface area contributed by atoms with Gasteiger partial charge in [0, 0.05) is 13.2 Å². The average Bonchev–Trinajstić information content (AvgIpc) is 2.64. The number of nitrogens with zero attached hydrogens (tertiary/aromatic N) is 1. The van der Waals surface area contributed by atoms with Crippen LogP contribution in [0.5, 0.6) is 0 Å². The van der Waals surface area contributed by atoms with E-state index in [1.165, 1.54) is 56.9 Å². The van der Waals surface area contributed by atoms with Gasteiger partial charge < -0.3 is 4.74 Å². The van der Waals surface area contributed by atoms with E-state index in [1.54, 1.807) is 0 Å². The van der Waals surface area contributed by atoms with Crippen molar-refractivity contribution in [2.45, 2.75) is 64.2 Å². The van der Waals surface area contributed by atoms with E-state index >= 15 is 0 Å². The molecule has 0 spiro atoms. The number of benzene rings is 1. The molecule has 2 rings (SSSR count). The first-order valence-electron chi connectivity index (χ1n) is 9.52. The summed E-state index contributed by atoms with van der Waals surface area (Å²) in [6.07, 6.45) is 14.3. The van der Waals surface area contributed by atoms with Gasteiger partial charge in [0.15, 0.2) is 0 Å². The third kappa shape index (κ3) is 6.49. The Kier molecular flexibility index (Phi) is 8.63. The molecule has 0 atom stereocenters. The number of hydrogen-bond acceptors (Lipinski definition) is 2. The molecule has 1 aliphatic carbocycles. The maximum Gasteiger partial charge on any atom is 0.0991 e. The van der Waals surface area contributed by atoms with Crippen LogP contribution >= 0.6 is 0 Å². The van der Waals surface area contributed by atoms with E-state index in [9.17, 15) is 0 Å². The molecule has 0 amide bonds. The highest BCUT2D eigenvalue weighted by atomic mass is 16.5. The van der Waals surface area contributed by atoms with Crippen molar-refractivity contribution in [3.63, 3.8) is 0 Å². The minimum Gasteiger partial charge on any atom is -0.381 e. The molecule has 130 valence electrons. The lowest BCUT2D eigenvalue weighted by Gasteiger charge is -2.28. The van der Waals surface area contributed by atoms with Crippen molar-refractivity contribution in [2.75, 3.05) is 13.2 Å². The molecule has 1 saturated carbocycles. The minimum atomic E-state index is 0.682. The lowest BCUT2D eigenvalue weighted by atomic mass is 9.77. The first-order chi connectivity index (χ1) is 11.8. The zero-order valence-electron chi connectivity index (χ0n) is 15.0. The van der Waals surface area contributed by atoms with Gasteiger partial charge in [-0.25, -0.2) is 0 Å². The van der Waals surface area contributed by atoms with Gasteiger partial charge in [-0.1, -0.05) is 24.3 Å². The predicted molar refractivity (Wildman–Crippen MR) is 100.0 cm³/mol. The average molecular weight is 325 g/mol. The molecule has 0 unspecified atom stereocenters. The number of nitriles is 1. The second-order valence-corrected chi connectivity index (χ2v) is 6.92. The highest BCUT2D eigenvalue weighted by Gasteiger charge is 2.22. The Hall–Kier alpha value is -1.59. The quantitative estimate of drug-likeness (QED) is 0.413. The van der Waals surface area contributed by atoms with Crippen LogP contribution in [-0.4, -0.2) is 13.2 Å². The van der Waals surface area contributed by atoms with Gasteiger partial charge in [-0.15, -0.1) is 0 Å². The summed E-state index contributed by atoms with van der Waals surface area (Å²) in [7, 11) is 0. The summed E-state index contributed by atoms with van der Waals surface area (Å²) in [5.41, 5.74) is 2.17. The van der Waals surface area contributed by atoms with Crippen LogP contribution in [0.15, 0.2) is 36.4 Å². The van der Waals surface area contributed by atoms with Crippen LogP contribution in [0, 0.1) is 17.2 Å². The van der Waals surface area contributed by atoms with Crippen LogP contribution in [0.4, 0.5) is 0 Å². The SMILES string of the molecule is C/C=C/CCCCOCCC1CCC(c2ccc(C#N)cc2)CC1. The molecule has 1 aromatic rings. The summed E-state index contributed by atoms with van der Waals surface area (Å²) in [6, 6.07) is 10.4. The molecule has 0 N–H and O–H groups in total. The van der Waals surface area contributed by atoms with E-state index < -0.39 is 0 Å². The molecule has 2 nitrogen and oxygen atoms in total. The van der Waals surface area contributed by atoms with Gasteiger partial charge >= 0.3 is 0 Å². The van der Waals surface area contributed by atoms with Crippen LogP contribution < -0.4 is 0 Å². The molecular weight excluding hydrogens is 294 g/mol. The number of unbranched alkanes of at least 4 members (excludes halogenated alkanes) is 2. The van der Waals surface area contributed by atoms with Crippen LogP contribution in [0.3, 0.4) is 0 Å². The van der Waals surface area contributed by atoms with Crippen molar-refractivity contribution in [3.05, 3.63) is 47.5 Å². The van der Waals surface area contributed by atoms with Gasteiger partial charge in [0.05, 0.1) is 11.6 Å². The maximum absolute atomic E-state index is 8.88. The zero-order chi connectivity index (χ0) is 17.0. The second kappa shape index (κ2) is 11.0. The first-order valence-corrected chi connectivity index (χ1v) is 9.52. The Bertz CT molecular complexity index is 518. The highest BCUT2D eigenvalue weighted by molar-refractivity contribution is 5.33. The smallest absolute Gasteiger partial charge is 0.0991 e. The molecule has 0 aliphatic heterocycles. The van der Waals surface area contributed by atoms with Crippen molar-refractivity contribution in [1.29, 1.82) is 5.26 Å². The Morgan fingerprint density at radius 3 is 2.50 bits per heavy atom. The summed E-state index contributed by atoms with van der Waals surface area (Å²) in [4.78, 5) is 0. The maximum atomic E-state index is 8.88. The fraction of sp³-hybridized carbons (Fsp3) is 0.591. The number of rotatable bonds is 9. The molecule has 0 radical (unpaired) electrons. The molecule has 0 saturated heterocycles. The van der Waals surface area contributed by atoms with E-state index in [4.69, 9.17) is 10.00 Å². The highest BCUT2D eigenvalue weighted by Crippen LogP contribution is 2.37. The summed E-state index contributed by atoms with van der Waals surface area (Å²) in [6.45, 7) is 3.92. The number of ether oxygens (including phenoxy) is 1. The minimum absolute atomic E-state index is 0.682. The largest absolute Gasteiger partial charge is 0.381 e. The molecule has 0 bridgehead atoms. The van der Waals surface area contributed by atoms with Gasteiger partial charge in [-0.05, 0) is 87.8 Å². The molecule has 0 heterocycles. The lowest BCUT2D eigenvalue weighted by Crippen LogP contribution is -2.15. The van der Waals surface area contributed by atoms with E-state index in [-0.39, 0.29) is 0 Å². The first kappa shape index (κ1) is 18.7. The van der Waals surface area contributed by atoms with Gasteiger partial charge in [-0.2, -0.15) is 5.26 Å². The zero-order valence-corrected chi connectivity index (χ0v) is 15.0. The standard InChI is InChI=1S/C22H31NO/c1-2-3-4-5-6-16-24-17-15-19-7-11-21(12-8-19)22-13-9-20(18-23)10-14-22/h2-3,9-10,13-14,19,21H,4-8,11-12,15-17H2,1H3/b3-2+. The van der Waals surface area contributed by atoms with Crippen molar-refractivity contribution in [2.24, 2.45) is 5.92 Å². The van der Waals surface area contributed by atoms with Gasteiger partial charge in [0.1, 0.15) is 0 Å². The Morgan fingerprint density at radius 1 is 1.08 bits per heavy atom. The molecule has 0 aromatic heterocycles. The third-order valence-electron chi connectivity index (χ3n) is 5.17. The summed E-state index contributed by atoms with van der Waals surface area (Å²) in [5, 5.41) is 8.88. The third-order valence-corrected chi connectivity index (χ3v) is 5.17. The fourth-order valence-electron chi connectivity index (χ4n) is 3.60. The van der Waals surface area contributed by atoms with Crippen LogP contribution in [0.2, 0.25) is 0 Å². The van der Waals surface area contributed by atoms with E-state index in [1.807, 2.05) is 12.1 Å².